The number of unbranched alkanes of at least 4 members (excludes halogenated alkanes) is 1. The molecular formula is C38H38F3N3O3. The minimum atomic E-state index is -4.74. The Kier molecular flexibility index (Phi) is 9.47. The second kappa shape index (κ2) is 13.7. The molecule has 1 fully saturated rings. The molecule has 1 saturated heterocycles. The zero-order valence-electron chi connectivity index (χ0n) is 26.0. The van der Waals surface area contributed by atoms with Crippen molar-refractivity contribution < 1.29 is 28.0 Å². The number of hydrogen-bond acceptors (Lipinski definition) is 4. The van der Waals surface area contributed by atoms with Crippen LogP contribution in [0.1, 0.15) is 53.6 Å². The number of benzene rings is 4. The van der Waals surface area contributed by atoms with Crippen molar-refractivity contribution in [2.45, 2.75) is 49.7 Å². The van der Waals surface area contributed by atoms with Gasteiger partial charge in [0.25, 0.3) is 11.8 Å². The van der Waals surface area contributed by atoms with Gasteiger partial charge in [-0.05, 0) is 71.7 Å². The van der Waals surface area contributed by atoms with E-state index in [1.165, 1.54) is 0 Å². The van der Waals surface area contributed by atoms with Crippen LogP contribution in [-0.2, 0) is 10.2 Å². The number of amides is 2. The minimum Gasteiger partial charge on any atom is -0.349 e. The summed E-state index contributed by atoms with van der Waals surface area (Å²) in [6, 6.07) is 32.1. The van der Waals surface area contributed by atoms with Crippen molar-refractivity contribution >= 4 is 11.8 Å². The topological polar surface area (TPSA) is 72.9 Å². The van der Waals surface area contributed by atoms with Gasteiger partial charge >= 0.3 is 6.18 Å². The maximum atomic E-state index is 13.8. The molecule has 0 atom stereocenters. The molecule has 0 aromatic heterocycles. The maximum Gasteiger partial charge on any atom is 0.408 e. The molecule has 4 aromatic rings. The summed E-state index contributed by atoms with van der Waals surface area (Å²) < 4.78 is 39.8. The molecule has 4 aromatic carbocycles. The molecule has 2 aliphatic rings. The third-order valence-electron chi connectivity index (χ3n) is 9.45. The van der Waals surface area contributed by atoms with Crippen LogP contribution in [-0.4, -0.2) is 65.4 Å². The van der Waals surface area contributed by atoms with E-state index in [2.05, 4.69) is 10.2 Å². The number of carbonyl (C=O) groups is 2. The lowest BCUT2D eigenvalue weighted by Gasteiger charge is -2.35. The predicted molar refractivity (Wildman–Crippen MR) is 175 cm³/mol. The Morgan fingerprint density at radius 2 is 1.34 bits per heavy atom. The van der Waals surface area contributed by atoms with Gasteiger partial charge < -0.3 is 10.2 Å². The van der Waals surface area contributed by atoms with Crippen molar-refractivity contribution in [2.75, 3.05) is 26.2 Å². The number of nitrogens with one attached hydrogen (secondary N) is 1. The summed E-state index contributed by atoms with van der Waals surface area (Å²) in [6.07, 6.45) is -1.56. The largest absolute Gasteiger partial charge is 0.408 e. The van der Waals surface area contributed by atoms with E-state index in [9.17, 15) is 28.0 Å². The van der Waals surface area contributed by atoms with Gasteiger partial charge in [0.1, 0.15) is 12.0 Å². The molecule has 244 valence electrons. The average molecular weight is 642 g/mol. The molecule has 2 N–H and O–H groups in total. The Hall–Kier alpha value is -4.47. The van der Waals surface area contributed by atoms with Gasteiger partial charge in [-0.3, -0.25) is 14.8 Å². The Morgan fingerprint density at radius 3 is 1.96 bits per heavy atom. The lowest BCUT2D eigenvalue weighted by molar-refractivity contribution is -0.215. The van der Waals surface area contributed by atoms with E-state index in [1.807, 2.05) is 78.9 Å². The van der Waals surface area contributed by atoms with E-state index in [-0.39, 0.29) is 23.4 Å². The molecule has 0 unspecified atom stereocenters. The fourth-order valence-corrected chi connectivity index (χ4v) is 7.23. The summed E-state index contributed by atoms with van der Waals surface area (Å²) in [5, 5.41) is 13.5. The number of halogens is 3. The minimum absolute atomic E-state index is 0.0548. The van der Waals surface area contributed by atoms with E-state index in [4.69, 9.17) is 0 Å². The van der Waals surface area contributed by atoms with E-state index in [0.717, 1.165) is 61.2 Å². The second-order valence-corrected chi connectivity index (χ2v) is 12.4. The summed E-state index contributed by atoms with van der Waals surface area (Å²) in [5.74, 6) is -1.05. The van der Waals surface area contributed by atoms with Crippen molar-refractivity contribution in [1.29, 1.82) is 0 Å². The van der Waals surface area contributed by atoms with Crippen molar-refractivity contribution in [2.24, 2.45) is 0 Å². The van der Waals surface area contributed by atoms with Crippen molar-refractivity contribution in [3.05, 3.63) is 120 Å². The molecule has 47 heavy (non-hydrogen) atoms. The molecule has 0 bridgehead atoms. The first-order chi connectivity index (χ1) is 22.7. The van der Waals surface area contributed by atoms with E-state index in [0.29, 0.717) is 23.1 Å². The number of piperidine rings is 1. The molecule has 0 spiro atoms. The molecule has 0 saturated carbocycles. The van der Waals surface area contributed by atoms with Crippen molar-refractivity contribution in [3.8, 4) is 22.3 Å². The molecule has 6 rings (SSSR count). The van der Waals surface area contributed by atoms with E-state index < -0.39 is 24.0 Å². The molecule has 1 aliphatic carbocycles. The van der Waals surface area contributed by atoms with E-state index in [1.54, 1.807) is 24.3 Å². The first-order valence-corrected chi connectivity index (χ1v) is 16.1. The number of fused-ring (bicyclic) bond motifs is 3. The molecular weight excluding hydrogens is 603 g/mol. The molecule has 2 amide bonds. The van der Waals surface area contributed by atoms with Crippen molar-refractivity contribution in [3.63, 3.8) is 0 Å². The number of nitrogens with zero attached hydrogens (tertiary/aromatic N) is 2. The summed E-state index contributed by atoms with van der Waals surface area (Å²) in [5.41, 5.74) is 3.97. The molecule has 6 nitrogen and oxygen atoms in total. The van der Waals surface area contributed by atoms with Crippen LogP contribution in [0, 0.1) is 0 Å². The highest BCUT2D eigenvalue weighted by Crippen LogP contribution is 2.52. The molecule has 1 aliphatic heterocycles. The highest BCUT2D eigenvalue weighted by molar-refractivity contribution is 6.01. The van der Waals surface area contributed by atoms with Crippen LogP contribution in [0.3, 0.4) is 0 Å². The normalized spacial score (nSPS) is 15.9. The third kappa shape index (κ3) is 6.82. The number of rotatable bonds is 10. The van der Waals surface area contributed by atoms with Crippen LogP contribution in [0.4, 0.5) is 13.2 Å². The van der Waals surface area contributed by atoms with E-state index >= 15 is 0 Å². The smallest absolute Gasteiger partial charge is 0.349 e. The third-order valence-corrected chi connectivity index (χ3v) is 9.45. The van der Waals surface area contributed by atoms with Crippen LogP contribution < -0.4 is 5.32 Å². The SMILES string of the molecule is O=C(NC1CCN(CCCCC2(C(=O)N(O)CC(F)(F)F)c3ccccc3-c3ccccc32)CC1)c1ccccc1-c1ccccc1. The Balaban J connectivity index is 1.08. The zero-order valence-corrected chi connectivity index (χ0v) is 26.0. The van der Waals surface area contributed by atoms with Gasteiger partial charge in [0.15, 0.2) is 0 Å². The predicted octanol–water partition coefficient (Wildman–Crippen LogP) is 7.46. The second-order valence-electron chi connectivity index (χ2n) is 12.4. The number of hydroxylamine groups is 2. The summed E-state index contributed by atoms with van der Waals surface area (Å²) >= 11 is 0. The fourth-order valence-electron chi connectivity index (χ4n) is 7.23. The summed E-state index contributed by atoms with van der Waals surface area (Å²) in [6.45, 7) is 0.631. The number of likely N-dealkylation sites (tertiary alicyclic amines) is 1. The van der Waals surface area contributed by atoms with Crippen LogP contribution in [0.15, 0.2) is 103 Å². The Morgan fingerprint density at radius 1 is 0.787 bits per heavy atom. The van der Waals surface area contributed by atoms with Crippen LogP contribution >= 0.6 is 0 Å². The van der Waals surface area contributed by atoms with Crippen molar-refractivity contribution in [1.82, 2.24) is 15.3 Å². The van der Waals surface area contributed by atoms with Gasteiger partial charge in [-0.15, -0.1) is 0 Å². The van der Waals surface area contributed by atoms with Gasteiger partial charge in [0.2, 0.25) is 0 Å². The summed E-state index contributed by atoms with van der Waals surface area (Å²) in [7, 11) is 0. The van der Waals surface area contributed by atoms with Gasteiger partial charge in [-0.25, -0.2) is 5.06 Å². The zero-order chi connectivity index (χ0) is 33.0. The van der Waals surface area contributed by atoms with Crippen LogP contribution in [0.2, 0.25) is 0 Å². The standard InChI is InChI=1S/C38H38F3N3O3/c39-38(40,41)26-44(47)36(46)37(33-18-8-6-15-30(33)31-16-7-9-19-34(31)37)22-10-11-23-43-24-20-28(21-25-43)42-35(45)32-17-5-4-14-29(32)27-12-2-1-3-13-27/h1-9,12-19,28,47H,10-11,20-26H2,(H,42,45). The number of carbonyl (C=O) groups excluding carboxylic acids is 2. The van der Waals surface area contributed by atoms with Crippen LogP contribution in [0.25, 0.3) is 22.3 Å². The Bertz CT molecular complexity index is 1670. The van der Waals surface area contributed by atoms with Gasteiger partial charge in [-0.2, -0.15) is 13.2 Å². The van der Waals surface area contributed by atoms with Crippen LogP contribution in [0.5, 0.6) is 0 Å². The summed E-state index contributed by atoms with van der Waals surface area (Å²) in [4.78, 5) is 29.4. The first-order valence-electron chi connectivity index (χ1n) is 16.1. The quantitative estimate of drug-likeness (QED) is 0.107. The highest BCUT2D eigenvalue weighted by atomic mass is 19.4. The lowest BCUT2D eigenvalue weighted by atomic mass is 9.73. The molecule has 1 heterocycles. The molecule has 9 heteroatoms. The molecule has 0 radical (unpaired) electrons. The highest BCUT2D eigenvalue weighted by Gasteiger charge is 2.51. The Labute approximate surface area is 272 Å². The maximum absolute atomic E-state index is 13.8. The monoisotopic (exact) mass is 641 g/mol. The van der Waals surface area contributed by atoms with Gasteiger partial charge in [0, 0.05) is 24.7 Å². The van der Waals surface area contributed by atoms with Gasteiger partial charge in [-0.1, -0.05) is 103 Å². The fraction of sp³-hybridized carbons (Fsp3) is 0.316. The average Bonchev–Trinajstić information content (AvgIpc) is 3.37. The lowest BCUT2D eigenvalue weighted by Crippen LogP contribution is -2.48. The first kappa shape index (κ1) is 32.5. The number of hydrogen-bond donors (Lipinski definition) is 2. The van der Waals surface area contributed by atoms with Gasteiger partial charge in [0.05, 0.1) is 0 Å². The number of alkyl halides is 3.